The zero-order valence-corrected chi connectivity index (χ0v) is 11.8. The molecule has 106 valence electrons. The van der Waals surface area contributed by atoms with E-state index < -0.39 is 20.9 Å². The van der Waals surface area contributed by atoms with E-state index in [1.54, 1.807) is 6.92 Å². The number of carboxylic acid groups (broad SMARTS) is 1. The summed E-state index contributed by atoms with van der Waals surface area (Å²) in [5.74, 6) is -0.947. The van der Waals surface area contributed by atoms with Gasteiger partial charge in [-0.1, -0.05) is 0 Å². The van der Waals surface area contributed by atoms with E-state index in [0.29, 0.717) is 5.82 Å². The Kier molecular flexibility index (Phi) is 3.59. The molecule has 2 aromatic rings. The van der Waals surface area contributed by atoms with Gasteiger partial charge in [-0.3, -0.25) is 4.72 Å². The molecule has 8 nitrogen and oxygen atoms in total. The van der Waals surface area contributed by atoms with Gasteiger partial charge in [0.25, 0.3) is 10.0 Å². The van der Waals surface area contributed by atoms with E-state index in [1.165, 1.54) is 6.07 Å². The second kappa shape index (κ2) is 5.06. The third-order valence-electron chi connectivity index (χ3n) is 2.27. The number of nitrogens with zero attached hydrogens (tertiary/aromatic N) is 2. The van der Waals surface area contributed by atoms with Gasteiger partial charge in [-0.05, 0) is 25.1 Å². The number of nitrogens with two attached hydrogens (primary N) is 1. The second-order valence-corrected chi connectivity index (χ2v) is 6.22. The van der Waals surface area contributed by atoms with Crippen molar-refractivity contribution in [1.29, 1.82) is 0 Å². The maximum Gasteiger partial charge on any atom is 0.337 e. The van der Waals surface area contributed by atoms with Gasteiger partial charge in [0, 0.05) is 17.2 Å². The van der Waals surface area contributed by atoms with Crippen LogP contribution in [0.15, 0.2) is 23.1 Å². The fourth-order valence-electron chi connectivity index (χ4n) is 1.45. The van der Waals surface area contributed by atoms with Gasteiger partial charge in [0.05, 0.1) is 5.56 Å². The molecular formula is C10H10N4O4S2. The monoisotopic (exact) mass is 314 g/mol. The van der Waals surface area contributed by atoms with Gasteiger partial charge >= 0.3 is 5.97 Å². The van der Waals surface area contributed by atoms with Crippen molar-refractivity contribution in [2.75, 3.05) is 10.5 Å². The summed E-state index contributed by atoms with van der Waals surface area (Å²) in [7, 11) is -4.10. The van der Waals surface area contributed by atoms with Crippen molar-refractivity contribution in [2.24, 2.45) is 0 Å². The molecule has 1 aromatic carbocycles. The number of anilines is 2. The standard InChI is InChI=1S/C10H10N4O4S2/c1-5-12-10(19-13-5)14-20(17,18)8-4-6(11)2-3-7(8)9(15)16/h2-4H,11H2,1H3,(H,15,16)(H,12,13,14). The molecule has 0 radical (unpaired) electrons. The highest BCUT2D eigenvalue weighted by atomic mass is 32.2. The van der Waals surface area contributed by atoms with Gasteiger partial charge in [-0.25, -0.2) is 18.2 Å². The zero-order chi connectivity index (χ0) is 14.9. The SMILES string of the molecule is Cc1nsc(NS(=O)(=O)c2cc(N)ccc2C(=O)O)n1. The summed E-state index contributed by atoms with van der Waals surface area (Å²) >= 11 is 0.859. The molecule has 0 saturated carbocycles. The van der Waals surface area contributed by atoms with E-state index in [1.807, 2.05) is 0 Å². The molecule has 0 bridgehead atoms. The van der Waals surface area contributed by atoms with Gasteiger partial charge in [-0.15, -0.1) is 0 Å². The lowest BCUT2D eigenvalue weighted by Crippen LogP contribution is -2.17. The molecule has 0 saturated heterocycles. The van der Waals surface area contributed by atoms with Gasteiger partial charge in [0.2, 0.25) is 5.13 Å². The van der Waals surface area contributed by atoms with Crippen LogP contribution < -0.4 is 10.5 Å². The lowest BCUT2D eigenvalue weighted by atomic mass is 10.2. The predicted octanol–water partition coefficient (Wildman–Crippen LogP) is 0.928. The van der Waals surface area contributed by atoms with Crippen LogP contribution in [0.2, 0.25) is 0 Å². The molecule has 1 heterocycles. The summed E-state index contributed by atoms with van der Waals surface area (Å²) in [6, 6.07) is 3.54. The molecular weight excluding hydrogens is 304 g/mol. The molecule has 4 N–H and O–H groups in total. The summed E-state index contributed by atoms with van der Waals surface area (Å²) < 4.78 is 30.4. The Morgan fingerprint density at radius 3 is 2.70 bits per heavy atom. The Hall–Kier alpha value is -2.20. The van der Waals surface area contributed by atoms with Crippen LogP contribution in [0.4, 0.5) is 10.8 Å². The summed E-state index contributed by atoms with van der Waals surface area (Å²) in [5.41, 5.74) is 5.29. The zero-order valence-electron chi connectivity index (χ0n) is 10.2. The number of hydrogen-bond acceptors (Lipinski definition) is 7. The Labute approximate surface area is 118 Å². The topological polar surface area (TPSA) is 135 Å². The normalized spacial score (nSPS) is 11.2. The first-order valence-corrected chi connectivity index (χ1v) is 7.51. The van der Waals surface area contributed by atoms with Crippen LogP contribution >= 0.6 is 11.5 Å². The number of aromatic nitrogens is 2. The van der Waals surface area contributed by atoms with Gasteiger partial charge in [-0.2, -0.15) is 4.37 Å². The smallest absolute Gasteiger partial charge is 0.337 e. The van der Waals surface area contributed by atoms with Crippen molar-refractivity contribution in [1.82, 2.24) is 9.36 Å². The molecule has 10 heteroatoms. The van der Waals surface area contributed by atoms with Crippen molar-refractivity contribution in [3.8, 4) is 0 Å². The number of nitrogen functional groups attached to an aromatic ring is 1. The Bertz CT molecular complexity index is 769. The van der Waals surface area contributed by atoms with Crippen LogP contribution in [0, 0.1) is 6.92 Å². The number of rotatable bonds is 4. The van der Waals surface area contributed by atoms with Crippen molar-refractivity contribution in [2.45, 2.75) is 11.8 Å². The summed E-state index contributed by atoms with van der Waals surface area (Å²) in [6.45, 7) is 1.61. The average Bonchev–Trinajstić information content (AvgIpc) is 2.73. The Morgan fingerprint density at radius 2 is 2.15 bits per heavy atom. The minimum Gasteiger partial charge on any atom is -0.478 e. The number of aromatic carboxylic acids is 1. The van der Waals surface area contributed by atoms with Crippen molar-refractivity contribution < 1.29 is 18.3 Å². The predicted molar refractivity (Wildman–Crippen MR) is 73.3 cm³/mol. The highest BCUT2D eigenvalue weighted by molar-refractivity contribution is 7.93. The number of carbonyl (C=O) groups is 1. The largest absolute Gasteiger partial charge is 0.478 e. The molecule has 0 fully saturated rings. The third-order valence-corrected chi connectivity index (χ3v) is 4.50. The molecule has 0 aliphatic rings. The minimum absolute atomic E-state index is 0.0567. The average molecular weight is 314 g/mol. The van der Waals surface area contributed by atoms with Crippen LogP contribution in [-0.2, 0) is 10.0 Å². The third kappa shape index (κ3) is 2.86. The first-order valence-electron chi connectivity index (χ1n) is 5.25. The lowest BCUT2D eigenvalue weighted by molar-refractivity contribution is 0.0692. The quantitative estimate of drug-likeness (QED) is 0.714. The maximum atomic E-state index is 12.2. The first kappa shape index (κ1) is 14.2. The van der Waals surface area contributed by atoms with Crippen LogP contribution in [0.25, 0.3) is 0 Å². The first-order chi connectivity index (χ1) is 9.29. The molecule has 0 atom stereocenters. The van der Waals surface area contributed by atoms with Crippen molar-refractivity contribution in [3.05, 3.63) is 29.6 Å². The number of aryl methyl sites for hydroxylation is 1. The van der Waals surface area contributed by atoms with Crippen molar-refractivity contribution in [3.63, 3.8) is 0 Å². The van der Waals surface area contributed by atoms with E-state index in [2.05, 4.69) is 14.1 Å². The number of hydrogen-bond donors (Lipinski definition) is 3. The van der Waals surface area contributed by atoms with Gasteiger partial charge in [0.1, 0.15) is 10.7 Å². The molecule has 0 aliphatic carbocycles. The number of nitrogens with one attached hydrogen (secondary N) is 1. The summed E-state index contributed by atoms with van der Waals surface area (Å²) in [6.07, 6.45) is 0. The number of sulfonamides is 1. The van der Waals surface area contributed by atoms with E-state index >= 15 is 0 Å². The fourth-order valence-corrected chi connectivity index (χ4v) is 3.48. The Morgan fingerprint density at radius 1 is 1.45 bits per heavy atom. The minimum atomic E-state index is -4.10. The van der Waals surface area contributed by atoms with E-state index in [9.17, 15) is 13.2 Å². The molecule has 2 rings (SSSR count). The summed E-state index contributed by atoms with van der Waals surface area (Å²) in [4.78, 5) is 14.5. The second-order valence-electron chi connectivity index (χ2n) is 3.81. The van der Waals surface area contributed by atoms with E-state index in [4.69, 9.17) is 10.8 Å². The molecule has 1 aromatic heterocycles. The molecule has 0 amide bonds. The molecule has 0 aliphatic heterocycles. The molecule has 0 spiro atoms. The van der Waals surface area contributed by atoms with E-state index in [-0.39, 0.29) is 16.4 Å². The highest BCUT2D eigenvalue weighted by Crippen LogP contribution is 2.23. The van der Waals surface area contributed by atoms with Crippen LogP contribution in [-0.4, -0.2) is 28.9 Å². The molecule has 20 heavy (non-hydrogen) atoms. The van der Waals surface area contributed by atoms with E-state index in [0.717, 1.165) is 23.7 Å². The van der Waals surface area contributed by atoms with Crippen LogP contribution in [0.1, 0.15) is 16.2 Å². The summed E-state index contributed by atoms with van der Waals surface area (Å²) in [5, 5.41) is 9.09. The molecule has 0 unspecified atom stereocenters. The lowest BCUT2D eigenvalue weighted by Gasteiger charge is -2.08. The Balaban J connectivity index is 2.48. The highest BCUT2D eigenvalue weighted by Gasteiger charge is 2.23. The van der Waals surface area contributed by atoms with Gasteiger partial charge in [0.15, 0.2) is 0 Å². The fraction of sp³-hybridized carbons (Fsp3) is 0.100. The maximum absolute atomic E-state index is 12.2. The van der Waals surface area contributed by atoms with Gasteiger partial charge < -0.3 is 10.8 Å². The van der Waals surface area contributed by atoms with Crippen LogP contribution in [0.3, 0.4) is 0 Å². The van der Waals surface area contributed by atoms with Crippen LogP contribution in [0.5, 0.6) is 0 Å². The number of carboxylic acids is 1. The number of benzene rings is 1. The van der Waals surface area contributed by atoms with Crippen molar-refractivity contribution >= 4 is 38.3 Å².